The van der Waals surface area contributed by atoms with Crippen LogP contribution in [0.15, 0.2) is 72.5 Å². The monoisotopic (exact) mass is 473 g/mol. The first-order valence-electron chi connectivity index (χ1n) is 9.30. The number of benzene rings is 1. The zero-order valence-electron chi connectivity index (χ0n) is 17.0. The molecule has 176 valence electrons. The number of nitrogens with zero attached hydrogens (tertiary/aromatic N) is 1. The Morgan fingerprint density at radius 3 is 2.12 bits per heavy atom. The molecule has 2 aromatic rings. The summed E-state index contributed by atoms with van der Waals surface area (Å²) < 4.78 is 82.3. The minimum absolute atomic E-state index is 0.322. The van der Waals surface area contributed by atoms with Crippen molar-refractivity contribution in [2.24, 2.45) is 0 Å². The Morgan fingerprint density at radius 1 is 0.970 bits per heavy atom. The molecule has 1 atom stereocenters. The average molecular weight is 473 g/mol. The number of allylic oxidation sites excluding steroid dienone is 3. The highest BCUT2D eigenvalue weighted by molar-refractivity contribution is 5.78. The molecule has 0 aliphatic heterocycles. The van der Waals surface area contributed by atoms with E-state index in [1.807, 2.05) is 0 Å². The number of aromatic nitrogens is 1. The van der Waals surface area contributed by atoms with Gasteiger partial charge in [0, 0.05) is 6.20 Å². The van der Waals surface area contributed by atoms with Crippen molar-refractivity contribution in [3.05, 3.63) is 83.7 Å². The number of halogens is 6. The van der Waals surface area contributed by atoms with Crippen LogP contribution in [0.2, 0.25) is 0 Å². The second-order valence-electron chi connectivity index (χ2n) is 6.43. The number of carbonyl (C=O) groups excluding carboxylic acids is 2. The van der Waals surface area contributed by atoms with Crippen LogP contribution in [-0.4, -0.2) is 35.9 Å². The zero-order valence-corrected chi connectivity index (χ0v) is 17.0. The van der Waals surface area contributed by atoms with Crippen LogP contribution in [0.3, 0.4) is 0 Å². The lowest BCUT2D eigenvalue weighted by Gasteiger charge is -2.19. The Labute approximate surface area is 184 Å². The first kappa shape index (κ1) is 25.6. The van der Waals surface area contributed by atoms with Crippen LogP contribution in [0, 0.1) is 0 Å². The second-order valence-corrected chi connectivity index (χ2v) is 6.43. The number of pyridine rings is 1. The zero-order chi connectivity index (χ0) is 24.6. The van der Waals surface area contributed by atoms with E-state index in [1.54, 1.807) is 31.2 Å². The van der Waals surface area contributed by atoms with Crippen LogP contribution in [0.5, 0.6) is 5.75 Å². The summed E-state index contributed by atoms with van der Waals surface area (Å²) in [6.45, 7) is 1.04. The first-order valence-corrected chi connectivity index (χ1v) is 9.30. The summed E-state index contributed by atoms with van der Waals surface area (Å²) in [5.74, 6) is -5.57. The largest absolute Gasteiger partial charge is 0.491 e. The van der Waals surface area contributed by atoms with Crippen LogP contribution in [-0.2, 0) is 14.3 Å². The van der Waals surface area contributed by atoms with E-state index in [0.717, 1.165) is 0 Å². The highest BCUT2D eigenvalue weighted by Crippen LogP contribution is 2.33. The Balaban J connectivity index is 2.27. The maximum Gasteiger partial charge on any atom is 0.491 e. The Bertz CT molecular complexity index is 1010. The van der Waals surface area contributed by atoms with Gasteiger partial charge in [-0.3, -0.25) is 4.98 Å². The topological polar surface area (TPSA) is 65.5 Å². The molecule has 0 fully saturated rings. The Hall–Kier alpha value is -3.63. The molecule has 0 bridgehead atoms. The molecule has 1 heterocycles. The number of rotatable bonds is 7. The van der Waals surface area contributed by atoms with Crippen LogP contribution in [0.1, 0.15) is 24.1 Å². The lowest BCUT2D eigenvalue weighted by molar-refractivity contribution is -0.198. The van der Waals surface area contributed by atoms with Crippen LogP contribution in [0.25, 0.3) is 0 Å². The molecular formula is C22H17F6NO4. The van der Waals surface area contributed by atoms with Crippen molar-refractivity contribution >= 4 is 11.9 Å². The molecule has 0 aliphatic carbocycles. The van der Waals surface area contributed by atoms with Gasteiger partial charge in [0.1, 0.15) is 12.4 Å². The van der Waals surface area contributed by atoms with E-state index in [0.29, 0.717) is 16.8 Å². The predicted molar refractivity (Wildman–Crippen MR) is 104 cm³/mol. The average Bonchev–Trinajstić information content (AvgIpc) is 2.75. The first-order chi connectivity index (χ1) is 15.4. The fourth-order valence-electron chi connectivity index (χ4n) is 2.72. The highest BCUT2D eigenvalue weighted by Gasteiger charge is 2.41. The summed E-state index contributed by atoms with van der Waals surface area (Å²) in [5, 5.41) is 0. The maximum absolute atomic E-state index is 12.4. The third-order valence-electron chi connectivity index (χ3n) is 4.16. The van der Waals surface area contributed by atoms with Gasteiger partial charge in [-0.15, -0.1) is 0 Å². The van der Waals surface area contributed by atoms with Gasteiger partial charge in [-0.2, -0.15) is 26.3 Å². The minimum Gasteiger partial charge on any atom is -0.455 e. The molecular weight excluding hydrogens is 456 g/mol. The highest BCUT2D eigenvalue weighted by atomic mass is 19.4. The van der Waals surface area contributed by atoms with Gasteiger partial charge in [-0.05, 0) is 48.4 Å². The standard InChI is InChI=1S/C22H17F6NO4/c1-2-14(6-5-13-32-19(30)21(23,24)25)18(17-7-3-4-12-29-17)15-8-10-16(11-9-15)33-20(31)22(26,27)28/h2-12,18H,13H2,1H3. The SMILES string of the molecule is CC=C(C=CCOC(=O)C(F)(F)F)C(c1ccc(OC(=O)C(F)(F)F)cc1)c1ccccn1. The van der Waals surface area contributed by atoms with Gasteiger partial charge < -0.3 is 9.47 Å². The lowest BCUT2D eigenvalue weighted by Crippen LogP contribution is -2.27. The van der Waals surface area contributed by atoms with Crippen LogP contribution in [0.4, 0.5) is 26.3 Å². The number of alkyl halides is 6. The van der Waals surface area contributed by atoms with Crippen LogP contribution < -0.4 is 4.74 Å². The summed E-state index contributed by atoms with van der Waals surface area (Å²) in [4.78, 5) is 26.1. The van der Waals surface area contributed by atoms with E-state index in [1.165, 1.54) is 42.6 Å². The van der Waals surface area contributed by atoms with Crippen molar-refractivity contribution in [2.45, 2.75) is 25.2 Å². The summed E-state index contributed by atoms with van der Waals surface area (Å²) >= 11 is 0. The van der Waals surface area contributed by atoms with Gasteiger partial charge in [-0.1, -0.05) is 30.4 Å². The van der Waals surface area contributed by atoms with Gasteiger partial charge in [0.05, 0.1) is 11.6 Å². The van der Waals surface area contributed by atoms with Crippen molar-refractivity contribution in [1.82, 2.24) is 4.98 Å². The van der Waals surface area contributed by atoms with E-state index >= 15 is 0 Å². The molecule has 0 saturated heterocycles. The molecule has 0 aliphatic rings. The summed E-state index contributed by atoms with van der Waals surface area (Å²) in [5.41, 5.74) is 1.63. The van der Waals surface area contributed by atoms with Crippen molar-refractivity contribution in [2.75, 3.05) is 6.61 Å². The van der Waals surface area contributed by atoms with Crippen molar-refractivity contribution < 1.29 is 45.4 Å². The molecule has 33 heavy (non-hydrogen) atoms. The number of hydrogen-bond acceptors (Lipinski definition) is 5. The molecule has 0 radical (unpaired) electrons. The fourth-order valence-corrected chi connectivity index (χ4v) is 2.72. The van der Waals surface area contributed by atoms with Crippen LogP contribution >= 0.6 is 0 Å². The van der Waals surface area contributed by atoms with Crippen molar-refractivity contribution in [1.29, 1.82) is 0 Å². The summed E-state index contributed by atoms with van der Waals surface area (Å²) in [6.07, 6.45) is -4.42. The van der Waals surface area contributed by atoms with E-state index < -0.39 is 36.8 Å². The number of ether oxygens (including phenoxy) is 2. The smallest absolute Gasteiger partial charge is 0.455 e. The number of hydrogen-bond donors (Lipinski definition) is 0. The lowest BCUT2D eigenvalue weighted by atomic mass is 9.87. The van der Waals surface area contributed by atoms with Gasteiger partial charge in [0.15, 0.2) is 0 Å². The van der Waals surface area contributed by atoms with Gasteiger partial charge in [0.25, 0.3) is 0 Å². The second kappa shape index (κ2) is 10.8. The van der Waals surface area contributed by atoms with Gasteiger partial charge >= 0.3 is 24.3 Å². The molecule has 0 spiro atoms. The molecule has 1 unspecified atom stereocenters. The fraction of sp³-hybridized carbons (Fsp3) is 0.227. The quantitative estimate of drug-likeness (QED) is 0.237. The molecule has 0 saturated carbocycles. The third kappa shape index (κ3) is 7.48. The molecule has 11 heteroatoms. The van der Waals surface area contributed by atoms with E-state index in [-0.39, 0.29) is 5.75 Å². The normalized spacial score (nSPS) is 13.6. The molecule has 2 rings (SSSR count). The molecule has 0 N–H and O–H groups in total. The van der Waals surface area contributed by atoms with Crippen molar-refractivity contribution in [3.63, 3.8) is 0 Å². The Kier molecular flexibility index (Phi) is 8.38. The van der Waals surface area contributed by atoms with Gasteiger partial charge in [0.2, 0.25) is 0 Å². The molecule has 1 aromatic heterocycles. The molecule has 5 nitrogen and oxygen atoms in total. The van der Waals surface area contributed by atoms with E-state index in [4.69, 9.17) is 0 Å². The number of carbonyl (C=O) groups is 2. The van der Waals surface area contributed by atoms with E-state index in [2.05, 4.69) is 14.5 Å². The Morgan fingerprint density at radius 2 is 1.61 bits per heavy atom. The van der Waals surface area contributed by atoms with Crippen molar-refractivity contribution in [3.8, 4) is 5.75 Å². The number of esters is 2. The minimum atomic E-state index is -5.15. The predicted octanol–water partition coefficient (Wildman–Crippen LogP) is 5.29. The third-order valence-corrected chi connectivity index (χ3v) is 4.16. The van der Waals surface area contributed by atoms with E-state index in [9.17, 15) is 35.9 Å². The molecule has 0 amide bonds. The van der Waals surface area contributed by atoms with Gasteiger partial charge in [-0.25, -0.2) is 9.59 Å². The summed E-state index contributed by atoms with van der Waals surface area (Å²) in [6, 6.07) is 10.3. The summed E-state index contributed by atoms with van der Waals surface area (Å²) in [7, 11) is 0. The maximum atomic E-state index is 12.4. The molecule has 1 aromatic carbocycles.